The van der Waals surface area contributed by atoms with Crippen molar-refractivity contribution in [2.45, 2.75) is 76.7 Å². The zero-order chi connectivity index (χ0) is 21.0. The van der Waals surface area contributed by atoms with Gasteiger partial charge in [0, 0.05) is 35.9 Å². The van der Waals surface area contributed by atoms with Crippen molar-refractivity contribution in [3.8, 4) is 0 Å². The highest BCUT2D eigenvalue weighted by atomic mass is 32.1. The summed E-state index contributed by atoms with van der Waals surface area (Å²) in [5.74, 6) is 0.0998. The number of amides is 1. The summed E-state index contributed by atoms with van der Waals surface area (Å²) in [6.07, 6.45) is 15.0. The van der Waals surface area contributed by atoms with Crippen molar-refractivity contribution < 1.29 is 4.79 Å². The van der Waals surface area contributed by atoms with Crippen molar-refractivity contribution in [3.05, 3.63) is 45.8 Å². The van der Waals surface area contributed by atoms with Gasteiger partial charge in [-0.15, -0.1) is 11.3 Å². The second-order valence-electron chi connectivity index (χ2n) is 9.24. The van der Waals surface area contributed by atoms with Gasteiger partial charge in [-0.25, -0.2) is 4.99 Å². The highest BCUT2D eigenvalue weighted by Crippen LogP contribution is 2.40. The van der Waals surface area contributed by atoms with E-state index in [1.165, 1.54) is 61.1 Å². The summed E-state index contributed by atoms with van der Waals surface area (Å²) in [4.78, 5) is 21.9. The van der Waals surface area contributed by atoms with Gasteiger partial charge in [-0.2, -0.15) is 0 Å². The Morgan fingerprint density at radius 1 is 0.968 bits per heavy atom. The molecule has 1 aromatic heterocycles. The van der Waals surface area contributed by atoms with Crippen LogP contribution in [0.2, 0.25) is 0 Å². The van der Waals surface area contributed by atoms with Crippen molar-refractivity contribution in [3.63, 3.8) is 0 Å². The normalized spacial score (nSPS) is 19.7. The Morgan fingerprint density at radius 2 is 1.71 bits per heavy atom. The molecule has 1 amide bonds. The molecular weight excluding hydrogens is 402 g/mol. The lowest BCUT2D eigenvalue weighted by atomic mass is 9.93. The standard InChI is InChI=1S/C26H33N3OS/c30-25(28-20-8-2-1-3-9-20)24-22-10-4-5-11-23(22)31-26(24)27-18-19-12-14-21(15-13-19)29-16-6-7-17-29/h12-15,18,20H,1-11,16-17H2,(H,28,30). The van der Waals surface area contributed by atoms with E-state index in [0.717, 1.165) is 54.9 Å². The van der Waals surface area contributed by atoms with Crippen molar-refractivity contribution in [1.29, 1.82) is 0 Å². The number of thiophene rings is 1. The lowest BCUT2D eigenvalue weighted by Crippen LogP contribution is -2.36. The van der Waals surface area contributed by atoms with Crippen LogP contribution in [0.1, 0.15) is 84.1 Å². The maximum absolute atomic E-state index is 13.3. The molecule has 2 heterocycles. The van der Waals surface area contributed by atoms with Gasteiger partial charge in [0.1, 0.15) is 5.00 Å². The number of aryl methyl sites for hydroxylation is 1. The van der Waals surface area contributed by atoms with Crippen LogP contribution in [0, 0.1) is 0 Å². The van der Waals surface area contributed by atoms with Gasteiger partial charge < -0.3 is 10.2 Å². The van der Waals surface area contributed by atoms with E-state index in [4.69, 9.17) is 4.99 Å². The van der Waals surface area contributed by atoms with E-state index in [0.29, 0.717) is 6.04 Å². The topological polar surface area (TPSA) is 44.7 Å². The molecule has 0 spiro atoms. The third kappa shape index (κ3) is 4.72. The number of rotatable bonds is 5. The number of nitrogens with one attached hydrogen (secondary N) is 1. The number of hydrogen-bond acceptors (Lipinski definition) is 4. The molecule has 0 radical (unpaired) electrons. The lowest BCUT2D eigenvalue weighted by Gasteiger charge is -2.23. The monoisotopic (exact) mass is 435 g/mol. The van der Waals surface area contributed by atoms with Crippen molar-refractivity contribution in [2.24, 2.45) is 4.99 Å². The van der Waals surface area contributed by atoms with Gasteiger partial charge in [-0.05, 0) is 74.6 Å². The van der Waals surface area contributed by atoms with E-state index in [1.807, 2.05) is 6.21 Å². The summed E-state index contributed by atoms with van der Waals surface area (Å²) in [6, 6.07) is 9.01. The van der Waals surface area contributed by atoms with E-state index in [1.54, 1.807) is 11.3 Å². The molecule has 2 aromatic rings. The van der Waals surface area contributed by atoms with Crippen LogP contribution in [0.25, 0.3) is 0 Å². The van der Waals surface area contributed by atoms with E-state index >= 15 is 0 Å². The minimum Gasteiger partial charge on any atom is -0.372 e. The molecule has 0 bridgehead atoms. The molecule has 1 N–H and O–H groups in total. The molecule has 3 aliphatic rings. The first-order valence-corrected chi connectivity index (χ1v) is 12.9. The van der Waals surface area contributed by atoms with Crippen LogP contribution in [0.5, 0.6) is 0 Å². The smallest absolute Gasteiger partial charge is 0.254 e. The molecule has 2 fully saturated rings. The summed E-state index contributed by atoms with van der Waals surface area (Å²) >= 11 is 1.73. The quantitative estimate of drug-likeness (QED) is 0.582. The summed E-state index contributed by atoms with van der Waals surface area (Å²) < 4.78 is 0. The molecule has 1 aromatic carbocycles. The molecule has 5 heteroatoms. The molecule has 1 saturated carbocycles. The van der Waals surface area contributed by atoms with Gasteiger partial charge in [0.2, 0.25) is 0 Å². The van der Waals surface area contributed by atoms with Crippen LogP contribution in [0.4, 0.5) is 10.7 Å². The number of aliphatic imine (C=N–C) groups is 1. The Balaban J connectivity index is 1.36. The van der Waals surface area contributed by atoms with E-state index in [2.05, 4.69) is 34.5 Å². The summed E-state index contributed by atoms with van der Waals surface area (Å²) in [7, 11) is 0. The average Bonchev–Trinajstić information content (AvgIpc) is 3.47. The second-order valence-corrected chi connectivity index (χ2v) is 10.3. The van der Waals surface area contributed by atoms with Gasteiger partial charge >= 0.3 is 0 Å². The zero-order valence-corrected chi connectivity index (χ0v) is 19.2. The fraction of sp³-hybridized carbons (Fsp3) is 0.538. The van der Waals surface area contributed by atoms with Crippen LogP contribution in [-0.2, 0) is 12.8 Å². The maximum Gasteiger partial charge on any atom is 0.254 e. The van der Waals surface area contributed by atoms with E-state index < -0.39 is 0 Å². The number of hydrogen-bond donors (Lipinski definition) is 1. The second kappa shape index (κ2) is 9.56. The van der Waals surface area contributed by atoms with Crippen LogP contribution in [-0.4, -0.2) is 31.3 Å². The molecule has 0 atom stereocenters. The highest BCUT2D eigenvalue weighted by molar-refractivity contribution is 7.16. The minimum atomic E-state index is 0.0998. The molecule has 2 aliphatic carbocycles. The van der Waals surface area contributed by atoms with Gasteiger partial charge in [0.05, 0.1) is 5.56 Å². The molecule has 31 heavy (non-hydrogen) atoms. The first-order chi connectivity index (χ1) is 15.3. The van der Waals surface area contributed by atoms with Crippen molar-refractivity contribution in [2.75, 3.05) is 18.0 Å². The van der Waals surface area contributed by atoms with Crippen LogP contribution in [0.15, 0.2) is 29.3 Å². The number of benzene rings is 1. The average molecular weight is 436 g/mol. The molecule has 4 nitrogen and oxygen atoms in total. The fourth-order valence-electron chi connectivity index (χ4n) is 5.26. The van der Waals surface area contributed by atoms with Crippen molar-refractivity contribution >= 4 is 34.1 Å². The molecule has 164 valence electrons. The highest BCUT2D eigenvalue weighted by Gasteiger charge is 2.27. The SMILES string of the molecule is O=C(NC1CCCCC1)c1c(N=Cc2ccc(N3CCCC3)cc2)sc2c1CCCC2. The minimum absolute atomic E-state index is 0.0998. The van der Waals surface area contributed by atoms with E-state index in [9.17, 15) is 4.79 Å². The molecule has 0 unspecified atom stereocenters. The van der Waals surface area contributed by atoms with Crippen molar-refractivity contribution in [1.82, 2.24) is 5.32 Å². The third-order valence-electron chi connectivity index (χ3n) is 7.02. The Kier molecular flexibility index (Phi) is 6.40. The van der Waals surface area contributed by atoms with Gasteiger partial charge in [-0.3, -0.25) is 4.79 Å². The molecular formula is C26H33N3OS. The Morgan fingerprint density at radius 3 is 2.48 bits per heavy atom. The molecule has 1 saturated heterocycles. The number of nitrogens with zero attached hydrogens (tertiary/aromatic N) is 2. The summed E-state index contributed by atoms with van der Waals surface area (Å²) in [5.41, 5.74) is 4.51. The number of carbonyl (C=O) groups is 1. The first kappa shape index (κ1) is 20.7. The zero-order valence-electron chi connectivity index (χ0n) is 18.4. The van der Waals surface area contributed by atoms with Gasteiger partial charge in [-0.1, -0.05) is 31.4 Å². The number of anilines is 1. The number of fused-ring (bicyclic) bond motifs is 1. The van der Waals surface area contributed by atoms with Crippen LogP contribution in [0.3, 0.4) is 0 Å². The Labute approximate surface area is 189 Å². The summed E-state index contributed by atoms with van der Waals surface area (Å²) in [6.45, 7) is 2.32. The number of carbonyl (C=O) groups excluding carboxylic acids is 1. The summed E-state index contributed by atoms with van der Waals surface area (Å²) in [5, 5.41) is 4.23. The van der Waals surface area contributed by atoms with E-state index in [-0.39, 0.29) is 5.91 Å². The predicted octanol–water partition coefficient (Wildman–Crippen LogP) is 6.04. The Hall–Kier alpha value is -2.14. The predicted molar refractivity (Wildman–Crippen MR) is 130 cm³/mol. The van der Waals surface area contributed by atoms with Crippen LogP contribution >= 0.6 is 11.3 Å². The maximum atomic E-state index is 13.3. The fourth-order valence-corrected chi connectivity index (χ4v) is 6.49. The largest absolute Gasteiger partial charge is 0.372 e. The Bertz CT molecular complexity index is 934. The van der Waals surface area contributed by atoms with Gasteiger partial charge in [0.15, 0.2) is 0 Å². The van der Waals surface area contributed by atoms with Gasteiger partial charge in [0.25, 0.3) is 5.91 Å². The third-order valence-corrected chi connectivity index (χ3v) is 8.22. The molecule has 5 rings (SSSR count). The first-order valence-electron chi connectivity index (χ1n) is 12.1. The lowest BCUT2D eigenvalue weighted by molar-refractivity contribution is 0.0927. The van der Waals surface area contributed by atoms with Crippen LogP contribution < -0.4 is 10.2 Å². The molecule has 1 aliphatic heterocycles.